The first kappa shape index (κ1) is 18.4. The van der Waals surface area contributed by atoms with Crippen molar-refractivity contribution in [1.82, 2.24) is 9.47 Å². The summed E-state index contributed by atoms with van der Waals surface area (Å²) >= 11 is 0. The van der Waals surface area contributed by atoms with Crippen LogP contribution in [0.4, 0.5) is 0 Å². The van der Waals surface area contributed by atoms with Crippen molar-refractivity contribution in [3.8, 4) is 6.07 Å². The minimum Gasteiger partial charge on any atom is -0.340 e. The van der Waals surface area contributed by atoms with E-state index in [0.29, 0.717) is 17.9 Å². The smallest absolute Gasteiger partial charge is 0.137 e. The summed E-state index contributed by atoms with van der Waals surface area (Å²) in [6.07, 6.45) is 3.53. The first-order valence-electron chi connectivity index (χ1n) is 9.42. The maximum Gasteiger partial charge on any atom is 0.137 e. The first-order valence-corrected chi connectivity index (χ1v) is 9.42. The van der Waals surface area contributed by atoms with Crippen LogP contribution < -0.4 is 0 Å². The predicted octanol–water partition coefficient (Wildman–Crippen LogP) is 3.62. The molecule has 3 rings (SSSR count). The van der Waals surface area contributed by atoms with E-state index in [1.165, 1.54) is 11.1 Å². The van der Waals surface area contributed by atoms with Crippen molar-refractivity contribution in [3.05, 3.63) is 58.9 Å². The van der Waals surface area contributed by atoms with Crippen LogP contribution in [-0.2, 0) is 24.8 Å². The maximum absolute atomic E-state index is 12.7. The number of piperidine rings is 1. The molecule has 1 saturated heterocycles. The zero-order chi connectivity index (χ0) is 18.5. The molecule has 136 valence electrons. The summed E-state index contributed by atoms with van der Waals surface area (Å²) in [5.41, 5.74) is 4.27. The van der Waals surface area contributed by atoms with Crippen LogP contribution in [0.1, 0.15) is 41.8 Å². The minimum atomic E-state index is 0.145. The van der Waals surface area contributed by atoms with E-state index < -0.39 is 0 Å². The van der Waals surface area contributed by atoms with Gasteiger partial charge in [0.25, 0.3) is 0 Å². The largest absolute Gasteiger partial charge is 0.340 e. The van der Waals surface area contributed by atoms with Gasteiger partial charge in [0.15, 0.2) is 0 Å². The van der Waals surface area contributed by atoms with Gasteiger partial charge in [0.1, 0.15) is 17.5 Å². The van der Waals surface area contributed by atoms with E-state index in [1.54, 1.807) is 0 Å². The standard InChI is InChI=1S/C22H27N3O/c1-17-20(13-21(14-23)24(17)2)16-25-12-6-9-19(15-25)22(26)11-10-18-7-4-3-5-8-18/h3-5,7-8,13,19H,6,9-12,15-16H2,1-2H3/t19-/m0/s1. The number of aromatic nitrogens is 1. The number of ketones is 1. The highest BCUT2D eigenvalue weighted by Gasteiger charge is 2.26. The highest BCUT2D eigenvalue weighted by molar-refractivity contribution is 5.81. The van der Waals surface area contributed by atoms with Crippen molar-refractivity contribution >= 4 is 5.78 Å². The molecule has 1 aliphatic rings. The summed E-state index contributed by atoms with van der Waals surface area (Å²) in [5.74, 6) is 0.535. The van der Waals surface area contributed by atoms with Gasteiger partial charge in [-0.15, -0.1) is 0 Å². The lowest BCUT2D eigenvalue weighted by molar-refractivity contribution is -0.124. The van der Waals surface area contributed by atoms with Gasteiger partial charge < -0.3 is 4.57 Å². The molecule has 1 fully saturated rings. The Morgan fingerprint density at radius 2 is 2.08 bits per heavy atom. The average Bonchev–Trinajstić information content (AvgIpc) is 2.95. The Balaban J connectivity index is 1.57. The Hall–Kier alpha value is -2.38. The number of carbonyl (C=O) groups is 1. The Kier molecular flexibility index (Phi) is 5.90. The van der Waals surface area contributed by atoms with Crippen LogP contribution >= 0.6 is 0 Å². The summed E-state index contributed by atoms with van der Waals surface area (Å²) in [5, 5.41) is 9.20. The number of likely N-dealkylation sites (tertiary alicyclic amines) is 1. The van der Waals surface area contributed by atoms with Gasteiger partial charge in [-0.25, -0.2) is 0 Å². The molecule has 1 aliphatic heterocycles. The third-order valence-electron chi connectivity index (χ3n) is 5.61. The third kappa shape index (κ3) is 4.23. The fourth-order valence-electron chi connectivity index (χ4n) is 3.85. The lowest BCUT2D eigenvalue weighted by Gasteiger charge is -2.32. The van der Waals surface area contributed by atoms with Gasteiger partial charge in [-0.1, -0.05) is 30.3 Å². The molecule has 1 aromatic carbocycles. The third-order valence-corrected chi connectivity index (χ3v) is 5.61. The molecule has 26 heavy (non-hydrogen) atoms. The number of benzene rings is 1. The Morgan fingerprint density at radius 3 is 2.77 bits per heavy atom. The molecule has 1 atom stereocenters. The number of hydrogen-bond donors (Lipinski definition) is 0. The van der Waals surface area contributed by atoms with E-state index in [9.17, 15) is 10.1 Å². The van der Waals surface area contributed by atoms with E-state index in [0.717, 1.165) is 44.6 Å². The quantitative estimate of drug-likeness (QED) is 0.800. The molecule has 0 saturated carbocycles. The van der Waals surface area contributed by atoms with Crippen molar-refractivity contribution in [3.63, 3.8) is 0 Å². The second-order valence-corrected chi connectivity index (χ2v) is 7.34. The van der Waals surface area contributed by atoms with Gasteiger partial charge in [0, 0.05) is 38.2 Å². The highest BCUT2D eigenvalue weighted by Crippen LogP contribution is 2.23. The van der Waals surface area contributed by atoms with E-state index in [2.05, 4.69) is 30.0 Å². The van der Waals surface area contributed by atoms with Crippen LogP contribution in [0, 0.1) is 24.2 Å². The van der Waals surface area contributed by atoms with Gasteiger partial charge in [-0.2, -0.15) is 5.26 Å². The Labute approximate surface area is 156 Å². The molecule has 0 spiro atoms. The van der Waals surface area contributed by atoms with Crippen LogP contribution in [0.25, 0.3) is 0 Å². The number of carbonyl (C=O) groups excluding carboxylic acids is 1. The number of aryl methyl sites for hydroxylation is 1. The number of nitrogens with zero attached hydrogens (tertiary/aromatic N) is 3. The predicted molar refractivity (Wildman–Crippen MR) is 103 cm³/mol. The van der Waals surface area contributed by atoms with Gasteiger partial charge in [0.05, 0.1) is 0 Å². The van der Waals surface area contributed by atoms with Crippen LogP contribution in [0.2, 0.25) is 0 Å². The molecule has 4 heteroatoms. The van der Waals surface area contributed by atoms with Gasteiger partial charge in [-0.3, -0.25) is 9.69 Å². The SMILES string of the molecule is Cc1c(CN2CCC[C@H](C(=O)CCc3ccccc3)C2)cc(C#N)n1C. The number of hydrogen-bond acceptors (Lipinski definition) is 3. The molecule has 4 nitrogen and oxygen atoms in total. The zero-order valence-corrected chi connectivity index (χ0v) is 15.7. The Morgan fingerprint density at radius 1 is 1.31 bits per heavy atom. The van der Waals surface area contributed by atoms with Gasteiger partial charge in [0.2, 0.25) is 0 Å². The fraction of sp³-hybridized carbons (Fsp3) is 0.455. The van der Waals surface area contributed by atoms with Gasteiger partial charge in [-0.05, 0) is 49.9 Å². The summed E-state index contributed by atoms with van der Waals surface area (Å²) in [6, 6.07) is 14.5. The molecule has 1 aromatic heterocycles. The molecular weight excluding hydrogens is 322 g/mol. The van der Waals surface area contributed by atoms with Crippen molar-refractivity contribution in [2.24, 2.45) is 13.0 Å². The molecular formula is C22H27N3O. The lowest BCUT2D eigenvalue weighted by Crippen LogP contribution is -2.38. The fourth-order valence-corrected chi connectivity index (χ4v) is 3.85. The molecule has 2 aromatic rings. The molecule has 0 radical (unpaired) electrons. The lowest BCUT2D eigenvalue weighted by atomic mass is 9.90. The van der Waals surface area contributed by atoms with Crippen molar-refractivity contribution in [2.75, 3.05) is 13.1 Å². The van der Waals surface area contributed by atoms with E-state index >= 15 is 0 Å². The summed E-state index contributed by atoms with van der Waals surface area (Å²) in [7, 11) is 1.93. The topological polar surface area (TPSA) is 49.0 Å². The van der Waals surface area contributed by atoms with Crippen molar-refractivity contribution in [2.45, 2.75) is 39.2 Å². The van der Waals surface area contributed by atoms with Crippen molar-refractivity contribution < 1.29 is 4.79 Å². The van der Waals surface area contributed by atoms with E-state index in [4.69, 9.17) is 0 Å². The molecule has 0 aliphatic carbocycles. The monoisotopic (exact) mass is 349 g/mol. The second-order valence-electron chi connectivity index (χ2n) is 7.34. The molecule has 0 bridgehead atoms. The average molecular weight is 349 g/mol. The number of nitriles is 1. The normalized spacial score (nSPS) is 17.8. The summed E-state index contributed by atoms with van der Waals surface area (Å²) in [4.78, 5) is 15.0. The van der Waals surface area contributed by atoms with Crippen LogP contribution in [0.3, 0.4) is 0 Å². The van der Waals surface area contributed by atoms with Gasteiger partial charge >= 0.3 is 0 Å². The highest BCUT2D eigenvalue weighted by atomic mass is 16.1. The summed E-state index contributed by atoms with van der Waals surface area (Å²) in [6.45, 7) is 4.75. The molecule has 0 N–H and O–H groups in total. The zero-order valence-electron chi connectivity index (χ0n) is 15.7. The van der Waals surface area contributed by atoms with Crippen LogP contribution in [0.5, 0.6) is 0 Å². The van der Waals surface area contributed by atoms with Crippen LogP contribution in [-0.4, -0.2) is 28.3 Å². The summed E-state index contributed by atoms with van der Waals surface area (Å²) < 4.78 is 1.95. The number of rotatable bonds is 6. The first-order chi connectivity index (χ1) is 12.6. The molecule has 0 unspecified atom stereocenters. The molecule has 0 amide bonds. The maximum atomic E-state index is 12.7. The van der Waals surface area contributed by atoms with Crippen LogP contribution in [0.15, 0.2) is 36.4 Å². The minimum absolute atomic E-state index is 0.145. The number of Topliss-reactive ketones (excluding diaryl/α,β-unsaturated/α-hetero) is 1. The molecule has 2 heterocycles. The van der Waals surface area contributed by atoms with Crippen molar-refractivity contribution in [1.29, 1.82) is 5.26 Å². The Bertz CT molecular complexity index is 801. The van der Waals surface area contributed by atoms with E-state index in [-0.39, 0.29) is 5.92 Å². The van der Waals surface area contributed by atoms with E-state index in [1.807, 2.05) is 35.9 Å². The second kappa shape index (κ2) is 8.33.